The molecule has 0 spiro atoms. The normalized spacial score (nSPS) is 15.6. The van der Waals surface area contributed by atoms with Crippen LogP contribution in [0.3, 0.4) is 0 Å². The summed E-state index contributed by atoms with van der Waals surface area (Å²) < 4.78 is 10.5. The van der Waals surface area contributed by atoms with E-state index in [1.54, 1.807) is 6.92 Å². The maximum absolute atomic E-state index is 11.6. The number of carbonyl (C=O) groups is 1. The molecule has 110 valence electrons. The van der Waals surface area contributed by atoms with Crippen LogP contribution in [-0.4, -0.2) is 12.6 Å². The van der Waals surface area contributed by atoms with Crippen LogP contribution in [0.25, 0.3) is 0 Å². The van der Waals surface area contributed by atoms with Gasteiger partial charge >= 0.3 is 5.97 Å². The summed E-state index contributed by atoms with van der Waals surface area (Å²) >= 11 is 0. The first-order valence-corrected chi connectivity index (χ1v) is 7.01. The van der Waals surface area contributed by atoms with Gasteiger partial charge in [0.1, 0.15) is 5.76 Å². The van der Waals surface area contributed by atoms with Crippen molar-refractivity contribution in [3.63, 3.8) is 0 Å². The summed E-state index contributed by atoms with van der Waals surface area (Å²) in [7, 11) is 0. The van der Waals surface area contributed by atoms with E-state index in [9.17, 15) is 4.79 Å². The van der Waals surface area contributed by atoms with Crippen molar-refractivity contribution in [2.45, 2.75) is 40.5 Å². The molecule has 0 radical (unpaired) electrons. The Hall–Kier alpha value is -1.77. The van der Waals surface area contributed by atoms with Crippen LogP contribution >= 0.6 is 0 Å². The zero-order valence-corrected chi connectivity index (χ0v) is 12.9. The van der Waals surface area contributed by atoms with Gasteiger partial charge in [-0.05, 0) is 58.8 Å². The number of allylic oxidation sites excluding steroid dienone is 5. The Morgan fingerprint density at radius 3 is 2.65 bits per heavy atom. The average Bonchev–Trinajstić information content (AvgIpc) is 2.45. The van der Waals surface area contributed by atoms with E-state index in [1.807, 2.05) is 13.0 Å². The SMILES string of the molecule is C=C(O/C(=C\C)C(C)(C)C1=CCCC=C1)C(=O)OCC. The zero-order chi connectivity index (χ0) is 15.2. The van der Waals surface area contributed by atoms with Gasteiger partial charge in [0.2, 0.25) is 5.76 Å². The van der Waals surface area contributed by atoms with Gasteiger partial charge in [0.25, 0.3) is 0 Å². The molecule has 20 heavy (non-hydrogen) atoms. The Balaban J connectivity index is 2.85. The van der Waals surface area contributed by atoms with Gasteiger partial charge in [-0.25, -0.2) is 4.79 Å². The van der Waals surface area contributed by atoms with Crippen molar-refractivity contribution in [3.05, 3.63) is 48.0 Å². The first-order chi connectivity index (χ1) is 9.43. The molecule has 1 aliphatic carbocycles. The molecule has 0 amide bonds. The second-order valence-electron chi connectivity index (χ2n) is 5.16. The fraction of sp³-hybridized carbons (Fsp3) is 0.471. The molecule has 0 heterocycles. The molecule has 0 fully saturated rings. The third-order valence-corrected chi connectivity index (χ3v) is 3.33. The van der Waals surface area contributed by atoms with Crippen LogP contribution in [0, 0.1) is 5.41 Å². The molecule has 0 aliphatic heterocycles. The maximum atomic E-state index is 11.6. The number of carbonyl (C=O) groups excluding carboxylic acids is 1. The van der Waals surface area contributed by atoms with Gasteiger partial charge in [-0.3, -0.25) is 0 Å². The van der Waals surface area contributed by atoms with Crippen molar-refractivity contribution in [1.82, 2.24) is 0 Å². The lowest BCUT2D eigenvalue weighted by Gasteiger charge is -2.30. The Bertz CT molecular complexity index is 465. The molecule has 0 saturated carbocycles. The summed E-state index contributed by atoms with van der Waals surface area (Å²) in [6.07, 6.45) is 10.5. The molecule has 3 nitrogen and oxygen atoms in total. The molecule has 0 saturated heterocycles. The minimum atomic E-state index is -0.518. The van der Waals surface area contributed by atoms with E-state index in [4.69, 9.17) is 9.47 Å². The van der Waals surface area contributed by atoms with E-state index in [0.717, 1.165) is 12.8 Å². The van der Waals surface area contributed by atoms with E-state index in [0.29, 0.717) is 12.4 Å². The van der Waals surface area contributed by atoms with Crippen molar-refractivity contribution in [2.75, 3.05) is 6.61 Å². The Labute approximate surface area is 121 Å². The lowest BCUT2D eigenvalue weighted by molar-refractivity contribution is -0.142. The number of ether oxygens (including phenoxy) is 2. The fourth-order valence-corrected chi connectivity index (χ4v) is 2.15. The first kappa shape index (κ1) is 16.3. The smallest absolute Gasteiger partial charge is 0.373 e. The molecule has 0 N–H and O–H groups in total. The topological polar surface area (TPSA) is 35.5 Å². The highest BCUT2D eigenvalue weighted by Crippen LogP contribution is 2.38. The molecule has 0 atom stereocenters. The number of esters is 1. The van der Waals surface area contributed by atoms with Crippen LogP contribution in [0.2, 0.25) is 0 Å². The highest BCUT2D eigenvalue weighted by atomic mass is 16.6. The standard InChI is InChI=1S/C17H24O3/c1-6-15(20-13(3)16(18)19-7-2)17(4,5)14-11-9-8-10-12-14/h6,9,11-12H,3,7-8,10H2,1-2,4-5H3/b15-6-. The molecular weight excluding hydrogens is 252 g/mol. The van der Waals surface area contributed by atoms with Crippen molar-refractivity contribution in [3.8, 4) is 0 Å². The lowest BCUT2D eigenvalue weighted by atomic mass is 9.79. The molecule has 0 bridgehead atoms. The van der Waals surface area contributed by atoms with Crippen molar-refractivity contribution in [1.29, 1.82) is 0 Å². The highest BCUT2D eigenvalue weighted by Gasteiger charge is 2.30. The molecule has 3 heteroatoms. The predicted molar refractivity (Wildman–Crippen MR) is 80.9 cm³/mol. The first-order valence-electron chi connectivity index (χ1n) is 7.01. The minimum Gasteiger partial charge on any atom is -0.460 e. The number of hydrogen-bond acceptors (Lipinski definition) is 3. The summed E-state index contributed by atoms with van der Waals surface area (Å²) in [6.45, 7) is 11.7. The molecule has 0 aromatic rings. The Kier molecular flexibility index (Phi) is 5.81. The molecule has 1 rings (SSSR count). The molecule has 0 unspecified atom stereocenters. The largest absolute Gasteiger partial charge is 0.460 e. The second-order valence-corrected chi connectivity index (χ2v) is 5.16. The second kappa shape index (κ2) is 7.13. The quantitative estimate of drug-likeness (QED) is 0.412. The summed E-state index contributed by atoms with van der Waals surface area (Å²) in [5.74, 6) is 0.206. The molecular formula is C17H24O3. The van der Waals surface area contributed by atoms with E-state index >= 15 is 0 Å². The van der Waals surface area contributed by atoms with Crippen molar-refractivity contribution >= 4 is 5.97 Å². The van der Waals surface area contributed by atoms with E-state index in [-0.39, 0.29) is 11.2 Å². The third-order valence-electron chi connectivity index (χ3n) is 3.33. The van der Waals surface area contributed by atoms with Crippen LogP contribution in [0.15, 0.2) is 48.0 Å². The van der Waals surface area contributed by atoms with E-state index < -0.39 is 5.97 Å². The van der Waals surface area contributed by atoms with Gasteiger partial charge in [0.15, 0.2) is 0 Å². The minimum absolute atomic E-state index is 0.0217. The van der Waals surface area contributed by atoms with E-state index in [1.165, 1.54) is 5.57 Å². The monoisotopic (exact) mass is 276 g/mol. The Morgan fingerprint density at radius 1 is 1.45 bits per heavy atom. The fourth-order valence-electron chi connectivity index (χ4n) is 2.15. The van der Waals surface area contributed by atoms with Crippen LogP contribution < -0.4 is 0 Å². The van der Waals surface area contributed by atoms with Gasteiger partial charge in [0.05, 0.1) is 6.61 Å². The molecule has 0 aromatic carbocycles. The van der Waals surface area contributed by atoms with Gasteiger partial charge in [0, 0.05) is 5.41 Å². The molecule has 1 aliphatic rings. The van der Waals surface area contributed by atoms with Gasteiger partial charge in [-0.1, -0.05) is 18.2 Å². The summed E-state index contributed by atoms with van der Waals surface area (Å²) in [5.41, 5.74) is 0.884. The molecule has 0 aromatic heterocycles. The summed E-state index contributed by atoms with van der Waals surface area (Å²) in [4.78, 5) is 11.6. The zero-order valence-electron chi connectivity index (χ0n) is 12.9. The van der Waals surface area contributed by atoms with Gasteiger partial charge in [-0.2, -0.15) is 0 Å². The van der Waals surface area contributed by atoms with Crippen LogP contribution in [0.4, 0.5) is 0 Å². The van der Waals surface area contributed by atoms with Crippen LogP contribution in [-0.2, 0) is 14.3 Å². The third kappa shape index (κ3) is 3.86. The van der Waals surface area contributed by atoms with Gasteiger partial charge in [-0.15, -0.1) is 0 Å². The summed E-state index contributed by atoms with van der Waals surface area (Å²) in [6, 6.07) is 0. The van der Waals surface area contributed by atoms with Crippen LogP contribution in [0.1, 0.15) is 40.5 Å². The van der Waals surface area contributed by atoms with E-state index in [2.05, 4.69) is 38.7 Å². The van der Waals surface area contributed by atoms with Crippen LogP contribution in [0.5, 0.6) is 0 Å². The number of hydrogen-bond donors (Lipinski definition) is 0. The maximum Gasteiger partial charge on any atom is 0.373 e. The predicted octanol–water partition coefficient (Wildman–Crippen LogP) is 4.29. The highest BCUT2D eigenvalue weighted by molar-refractivity contribution is 5.85. The number of rotatable bonds is 6. The van der Waals surface area contributed by atoms with Crippen molar-refractivity contribution < 1.29 is 14.3 Å². The van der Waals surface area contributed by atoms with Crippen molar-refractivity contribution in [2.24, 2.45) is 5.41 Å². The Morgan fingerprint density at radius 2 is 2.15 bits per heavy atom. The van der Waals surface area contributed by atoms with Gasteiger partial charge < -0.3 is 9.47 Å². The summed E-state index contributed by atoms with van der Waals surface area (Å²) in [5, 5.41) is 0. The lowest BCUT2D eigenvalue weighted by Crippen LogP contribution is -2.21. The average molecular weight is 276 g/mol.